The van der Waals surface area contributed by atoms with Crippen molar-refractivity contribution in [2.24, 2.45) is 0 Å². The predicted octanol–water partition coefficient (Wildman–Crippen LogP) is 0.0867. The van der Waals surface area contributed by atoms with Gasteiger partial charge in [0, 0.05) is 26.3 Å². The first-order valence-electron chi connectivity index (χ1n) is 4.95. The van der Waals surface area contributed by atoms with E-state index < -0.39 is 10.0 Å². The third-order valence-corrected chi connectivity index (χ3v) is 3.71. The zero-order valence-electron chi connectivity index (χ0n) is 9.21. The van der Waals surface area contributed by atoms with Crippen LogP contribution in [0.5, 0.6) is 0 Å². The maximum Gasteiger partial charge on any atom is 0.211 e. The maximum atomic E-state index is 11.1. The molecule has 1 fully saturated rings. The first kappa shape index (κ1) is 11.3. The number of hydrogen-bond donors (Lipinski definition) is 1. The summed E-state index contributed by atoms with van der Waals surface area (Å²) in [5.41, 5.74) is 0.886. The molecular formula is C9H16N4O2S. The van der Waals surface area contributed by atoms with Gasteiger partial charge in [-0.05, 0) is 6.92 Å². The van der Waals surface area contributed by atoms with Crippen LogP contribution in [0.4, 0.5) is 5.82 Å². The van der Waals surface area contributed by atoms with E-state index in [2.05, 4.69) is 15.3 Å². The molecule has 1 aliphatic heterocycles. The number of rotatable bonds is 3. The summed E-state index contributed by atoms with van der Waals surface area (Å²) >= 11 is 0. The lowest BCUT2D eigenvalue weighted by Gasteiger charge is -2.37. The molecule has 0 atom stereocenters. The molecule has 90 valence electrons. The number of nitrogens with one attached hydrogen (secondary N) is 1. The molecular weight excluding hydrogens is 228 g/mol. The zero-order valence-corrected chi connectivity index (χ0v) is 10.0. The summed E-state index contributed by atoms with van der Waals surface area (Å²) in [7, 11) is -3.04. The Morgan fingerprint density at radius 1 is 1.50 bits per heavy atom. The topological polar surface area (TPSA) is 75.2 Å². The molecule has 1 aromatic heterocycles. The van der Waals surface area contributed by atoms with Crippen molar-refractivity contribution >= 4 is 15.8 Å². The van der Waals surface area contributed by atoms with Gasteiger partial charge in [0.15, 0.2) is 0 Å². The highest BCUT2D eigenvalue weighted by molar-refractivity contribution is 7.88. The van der Waals surface area contributed by atoms with Crippen LogP contribution < -0.4 is 5.32 Å². The smallest absolute Gasteiger partial charge is 0.211 e. The molecule has 2 rings (SSSR count). The molecule has 0 radical (unpaired) electrons. The van der Waals surface area contributed by atoms with Crippen LogP contribution in [0.3, 0.4) is 0 Å². The van der Waals surface area contributed by atoms with Crippen molar-refractivity contribution in [3.05, 3.63) is 18.1 Å². The number of hydrogen-bond acceptors (Lipinski definition) is 5. The van der Waals surface area contributed by atoms with Gasteiger partial charge in [0.2, 0.25) is 10.0 Å². The fourth-order valence-electron chi connectivity index (χ4n) is 1.54. The fourth-order valence-corrected chi connectivity index (χ4v) is 2.44. The summed E-state index contributed by atoms with van der Waals surface area (Å²) in [6, 6.07) is 1.98. The van der Waals surface area contributed by atoms with E-state index >= 15 is 0 Å². The standard InChI is InChI=1S/C9H14N4O2S.H2/c1-7-3-9(11-6-10-7)12-8-4-13(5-8)16(2,14)15;/h3,6,8H,4-5H2,1-2H3,(H,10,11,12);1H. The maximum absolute atomic E-state index is 11.1. The van der Waals surface area contributed by atoms with Gasteiger partial charge in [-0.3, -0.25) is 0 Å². The van der Waals surface area contributed by atoms with E-state index in [0.717, 1.165) is 11.5 Å². The fraction of sp³-hybridized carbons (Fsp3) is 0.556. The van der Waals surface area contributed by atoms with Gasteiger partial charge >= 0.3 is 0 Å². The molecule has 1 N–H and O–H groups in total. The number of aryl methyl sites for hydroxylation is 1. The predicted molar refractivity (Wildman–Crippen MR) is 62.7 cm³/mol. The van der Waals surface area contributed by atoms with Crippen molar-refractivity contribution in [1.29, 1.82) is 0 Å². The van der Waals surface area contributed by atoms with Crippen LogP contribution >= 0.6 is 0 Å². The molecule has 0 unspecified atom stereocenters. The highest BCUT2D eigenvalue weighted by Crippen LogP contribution is 2.16. The van der Waals surface area contributed by atoms with Crippen LogP contribution in [0.1, 0.15) is 7.12 Å². The lowest BCUT2D eigenvalue weighted by Crippen LogP contribution is -2.56. The van der Waals surface area contributed by atoms with Crippen LogP contribution in [0.25, 0.3) is 0 Å². The van der Waals surface area contributed by atoms with Crippen molar-refractivity contribution in [3.63, 3.8) is 0 Å². The van der Waals surface area contributed by atoms with Gasteiger partial charge in [0.1, 0.15) is 12.1 Å². The van der Waals surface area contributed by atoms with Crippen LogP contribution in [0.15, 0.2) is 12.4 Å². The van der Waals surface area contributed by atoms with E-state index in [1.807, 2.05) is 13.0 Å². The molecule has 16 heavy (non-hydrogen) atoms. The Labute approximate surface area is 96.2 Å². The second-order valence-electron chi connectivity index (χ2n) is 3.97. The summed E-state index contributed by atoms with van der Waals surface area (Å²) in [6.45, 7) is 2.89. The van der Waals surface area contributed by atoms with Crippen molar-refractivity contribution in [2.45, 2.75) is 13.0 Å². The second kappa shape index (κ2) is 3.99. The first-order chi connectivity index (χ1) is 7.45. The average molecular weight is 244 g/mol. The van der Waals surface area contributed by atoms with Gasteiger partial charge in [-0.1, -0.05) is 0 Å². The lowest BCUT2D eigenvalue weighted by atomic mass is 10.2. The number of nitrogens with zero attached hydrogens (tertiary/aromatic N) is 3. The molecule has 7 heteroatoms. The molecule has 0 aliphatic carbocycles. The van der Waals surface area contributed by atoms with E-state index in [1.54, 1.807) is 0 Å². The van der Waals surface area contributed by atoms with Gasteiger partial charge in [-0.25, -0.2) is 18.4 Å². The van der Waals surface area contributed by atoms with Crippen LogP contribution in [-0.2, 0) is 10.0 Å². The Morgan fingerprint density at radius 2 is 2.19 bits per heavy atom. The number of aromatic nitrogens is 2. The third-order valence-electron chi connectivity index (χ3n) is 2.47. The van der Waals surface area contributed by atoms with Gasteiger partial charge in [-0.15, -0.1) is 0 Å². The zero-order chi connectivity index (χ0) is 11.8. The van der Waals surface area contributed by atoms with Crippen LogP contribution in [-0.4, -0.2) is 48.1 Å². The molecule has 0 bridgehead atoms. The molecule has 0 spiro atoms. The molecule has 0 amide bonds. The van der Waals surface area contributed by atoms with E-state index in [9.17, 15) is 8.42 Å². The summed E-state index contributed by atoms with van der Waals surface area (Å²) in [6.07, 6.45) is 2.71. The Bertz CT molecular complexity index is 488. The largest absolute Gasteiger partial charge is 0.365 e. The molecule has 1 saturated heterocycles. The summed E-state index contributed by atoms with van der Waals surface area (Å²) in [5, 5.41) is 3.16. The summed E-state index contributed by atoms with van der Waals surface area (Å²) < 4.78 is 23.7. The SMILES string of the molecule is Cc1cc(NC2CN(S(C)(=O)=O)C2)ncn1.[HH]. The molecule has 0 saturated carbocycles. The average Bonchev–Trinajstić information content (AvgIpc) is 2.08. The van der Waals surface area contributed by atoms with E-state index in [4.69, 9.17) is 0 Å². The van der Waals surface area contributed by atoms with Gasteiger partial charge in [0.05, 0.1) is 12.3 Å². The highest BCUT2D eigenvalue weighted by Gasteiger charge is 2.33. The molecule has 6 nitrogen and oxygen atoms in total. The van der Waals surface area contributed by atoms with Crippen LogP contribution in [0.2, 0.25) is 0 Å². The minimum Gasteiger partial charge on any atom is -0.365 e. The third kappa shape index (κ3) is 2.48. The Kier molecular flexibility index (Phi) is 2.81. The Balaban J connectivity index is 0.00000144. The molecule has 0 aromatic carbocycles. The second-order valence-corrected chi connectivity index (χ2v) is 5.95. The van der Waals surface area contributed by atoms with Crippen molar-refractivity contribution in [3.8, 4) is 0 Å². The van der Waals surface area contributed by atoms with E-state index in [-0.39, 0.29) is 7.47 Å². The van der Waals surface area contributed by atoms with Gasteiger partial charge < -0.3 is 5.32 Å². The minimum atomic E-state index is -3.04. The molecule has 1 aliphatic rings. The Morgan fingerprint density at radius 3 is 2.75 bits per heavy atom. The lowest BCUT2D eigenvalue weighted by molar-refractivity contribution is 0.282. The van der Waals surface area contributed by atoms with Crippen LogP contribution in [0, 0.1) is 6.92 Å². The number of sulfonamides is 1. The van der Waals surface area contributed by atoms with Gasteiger partial charge in [0.25, 0.3) is 0 Å². The quantitative estimate of drug-likeness (QED) is 0.815. The molecule has 1 aromatic rings. The van der Waals surface area contributed by atoms with Crippen molar-refractivity contribution in [1.82, 2.24) is 14.3 Å². The number of anilines is 1. The van der Waals surface area contributed by atoms with Gasteiger partial charge in [-0.2, -0.15) is 4.31 Å². The highest BCUT2D eigenvalue weighted by atomic mass is 32.2. The van der Waals surface area contributed by atoms with Crippen molar-refractivity contribution < 1.29 is 9.84 Å². The van der Waals surface area contributed by atoms with E-state index in [0.29, 0.717) is 13.1 Å². The minimum absolute atomic E-state index is 0. The van der Waals surface area contributed by atoms with Crippen molar-refractivity contribution in [2.75, 3.05) is 24.7 Å². The summed E-state index contributed by atoms with van der Waals surface area (Å²) in [4.78, 5) is 8.05. The molecule has 2 heterocycles. The monoisotopic (exact) mass is 244 g/mol. The first-order valence-corrected chi connectivity index (χ1v) is 6.80. The van der Waals surface area contributed by atoms with E-state index in [1.165, 1.54) is 16.9 Å². The summed E-state index contributed by atoms with van der Waals surface area (Å²) in [5.74, 6) is 0.741. The normalized spacial score (nSPS) is 18.1. The Hall–Kier alpha value is -1.21.